The van der Waals surface area contributed by atoms with E-state index in [1.165, 1.54) is 24.6 Å². The molecule has 0 spiro atoms. The highest BCUT2D eigenvalue weighted by Crippen LogP contribution is 2.25. The van der Waals surface area contributed by atoms with E-state index >= 15 is 0 Å². The number of rotatable bonds is 5. The van der Waals surface area contributed by atoms with Gasteiger partial charge < -0.3 is 10.1 Å². The van der Waals surface area contributed by atoms with E-state index in [9.17, 15) is 13.6 Å². The molecular formula is C14H14F2N2O2S. The predicted molar refractivity (Wildman–Crippen MR) is 77.0 cm³/mol. The number of aromatic nitrogens is 1. The fourth-order valence-corrected chi connectivity index (χ4v) is 2.62. The Morgan fingerprint density at radius 3 is 2.81 bits per heavy atom. The van der Waals surface area contributed by atoms with Gasteiger partial charge in [-0.1, -0.05) is 6.92 Å². The molecule has 1 N–H and O–H groups in total. The second kappa shape index (κ2) is 6.62. The first-order valence-corrected chi connectivity index (χ1v) is 7.16. The number of thiazole rings is 1. The number of hydrogen-bond donors (Lipinski definition) is 1. The molecule has 0 atom stereocenters. The van der Waals surface area contributed by atoms with E-state index in [0.717, 1.165) is 30.0 Å². The van der Waals surface area contributed by atoms with Gasteiger partial charge in [0.25, 0.3) is 5.91 Å². The number of halogens is 2. The van der Waals surface area contributed by atoms with Gasteiger partial charge in [0, 0.05) is 12.1 Å². The summed E-state index contributed by atoms with van der Waals surface area (Å²) in [5.41, 5.74) is -0.233. The molecule has 0 saturated carbocycles. The van der Waals surface area contributed by atoms with Crippen molar-refractivity contribution in [1.29, 1.82) is 0 Å². The molecule has 1 heterocycles. The zero-order valence-corrected chi connectivity index (χ0v) is 12.4. The van der Waals surface area contributed by atoms with E-state index in [0.29, 0.717) is 4.88 Å². The van der Waals surface area contributed by atoms with E-state index < -0.39 is 17.5 Å². The number of hydrogen-bond acceptors (Lipinski definition) is 4. The molecule has 1 aromatic carbocycles. The largest absolute Gasteiger partial charge is 0.494 e. The molecule has 0 unspecified atom stereocenters. The van der Waals surface area contributed by atoms with E-state index in [2.05, 4.69) is 15.0 Å². The van der Waals surface area contributed by atoms with Crippen LogP contribution in [0.5, 0.6) is 5.75 Å². The maximum Gasteiger partial charge on any atom is 0.267 e. The lowest BCUT2D eigenvalue weighted by molar-refractivity contribution is 0.103. The van der Waals surface area contributed by atoms with E-state index in [1.54, 1.807) is 0 Å². The summed E-state index contributed by atoms with van der Waals surface area (Å²) in [5, 5.41) is 3.17. The molecule has 4 nitrogen and oxygen atoms in total. The summed E-state index contributed by atoms with van der Waals surface area (Å²) in [6.07, 6.45) is 3.14. The Bertz CT molecular complexity index is 658. The molecule has 0 aliphatic rings. The van der Waals surface area contributed by atoms with Crippen LogP contribution in [0.3, 0.4) is 0 Å². The van der Waals surface area contributed by atoms with Crippen LogP contribution in [0.4, 0.5) is 14.5 Å². The van der Waals surface area contributed by atoms with Crippen LogP contribution in [0.15, 0.2) is 18.3 Å². The van der Waals surface area contributed by atoms with Crippen molar-refractivity contribution in [3.8, 4) is 5.75 Å². The van der Waals surface area contributed by atoms with Crippen LogP contribution in [0.1, 0.15) is 28.0 Å². The first-order chi connectivity index (χ1) is 10.0. The third-order valence-electron chi connectivity index (χ3n) is 2.73. The molecular weight excluding hydrogens is 298 g/mol. The molecule has 7 heteroatoms. The van der Waals surface area contributed by atoms with Crippen LogP contribution in [0.25, 0.3) is 0 Å². The average molecular weight is 312 g/mol. The molecule has 0 radical (unpaired) electrons. The number of nitrogens with one attached hydrogen (secondary N) is 1. The lowest BCUT2D eigenvalue weighted by atomic mass is 10.2. The molecule has 0 aliphatic heterocycles. The summed E-state index contributed by atoms with van der Waals surface area (Å²) >= 11 is 1.24. The number of ether oxygens (including phenoxy) is 1. The van der Waals surface area contributed by atoms with Gasteiger partial charge >= 0.3 is 0 Å². The predicted octanol–water partition coefficient (Wildman–Crippen LogP) is 3.63. The van der Waals surface area contributed by atoms with E-state index in [-0.39, 0.29) is 11.4 Å². The normalized spacial score (nSPS) is 10.5. The lowest BCUT2D eigenvalue weighted by Crippen LogP contribution is -2.12. The molecule has 2 rings (SSSR count). The Kier molecular flexibility index (Phi) is 4.85. The molecule has 2 aromatic rings. The Labute approximate surface area is 124 Å². The van der Waals surface area contributed by atoms with Gasteiger partial charge in [0.05, 0.1) is 24.0 Å². The molecule has 21 heavy (non-hydrogen) atoms. The maximum absolute atomic E-state index is 13.7. The quantitative estimate of drug-likeness (QED) is 0.917. The summed E-state index contributed by atoms with van der Waals surface area (Å²) in [4.78, 5) is 16.5. The molecule has 0 bridgehead atoms. The summed E-state index contributed by atoms with van der Waals surface area (Å²) in [6, 6.07) is 1.78. The van der Waals surface area contributed by atoms with Gasteiger partial charge in [-0.2, -0.15) is 0 Å². The SMILES string of the molecule is CCCc1ncc(C(=O)Nc2cc(F)c(OC)cc2F)s1. The third kappa shape index (κ3) is 3.55. The van der Waals surface area contributed by atoms with Crippen molar-refractivity contribution >= 4 is 22.9 Å². The highest BCUT2D eigenvalue weighted by atomic mass is 32.1. The van der Waals surface area contributed by atoms with Crippen LogP contribution in [0, 0.1) is 11.6 Å². The summed E-state index contributed by atoms with van der Waals surface area (Å²) in [7, 11) is 1.24. The molecule has 0 fully saturated rings. The van der Waals surface area contributed by atoms with E-state index in [1.807, 2.05) is 6.92 Å². The number of carbonyl (C=O) groups excluding carboxylic acids is 1. The Hall–Kier alpha value is -2.02. The fourth-order valence-electron chi connectivity index (χ4n) is 1.71. The smallest absolute Gasteiger partial charge is 0.267 e. The van der Waals surface area contributed by atoms with Crippen molar-refractivity contribution in [1.82, 2.24) is 4.98 Å². The van der Waals surface area contributed by atoms with Crippen molar-refractivity contribution in [2.45, 2.75) is 19.8 Å². The highest BCUT2D eigenvalue weighted by Gasteiger charge is 2.15. The number of carbonyl (C=O) groups is 1. The number of benzene rings is 1. The first-order valence-electron chi connectivity index (χ1n) is 6.34. The monoisotopic (exact) mass is 312 g/mol. The van der Waals surface area contributed by atoms with Crippen LogP contribution < -0.4 is 10.1 Å². The zero-order valence-electron chi connectivity index (χ0n) is 11.6. The van der Waals surface area contributed by atoms with Crippen molar-refractivity contribution < 1.29 is 18.3 Å². The zero-order chi connectivity index (χ0) is 15.4. The molecule has 0 saturated heterocycles. The Balaban J connectivity index is 2.17. The second-order valence-corrected chi connectivity index (χ2v) is 5.40. The van der Waals surface area contributed by atoms with Crippen molar-refractivity contribution in [2.24, 2.45) is 0 Å². The molecule has 1 amide bonds. The average Bonchev–Trinajstić information content (AvgIpc) is 2.91. The maximum atomic E-state index is 13.7. The molecule has 1 aromatic heterocycles. The topological polar surface area (TPSA) is 51.2 Å². The van der Waals surface area contributed by atoms with Gasteiger partial charge in [0.15, 0.2) is 17.4 Å². The lowest BCUT2D eigenvalue weighted by Gasteiger charge is -2.08. The molecule has 0 aliphatic carbocycles. The standard InChI is InChI=1S/C14H14F2N2O2S/c1-3-4-13-17-7-12(21-13)14(19)18-10-5-9(16)11(20-2)6-8(10)15/h5-7H,3-4H2,1-2H3,(H,18,19). The van der Waals surface area contributed by atoms with Crippen molar-refractivity contribution in [2.75, 3.05) is 12.4 Å². The van der Waals surface area contributed by atoms with Crippen molar-refractivity contribution in [3.05, 3.63) is 39.8 Å². The van der Waals surface area contributed by atoms with Gasteiger partial charge in [-0.15, -0.1) is 11.3 Å². The first kappa shape index (κ1) is 15.4. The number of aryl methyl sites for hydroxylation is 1. The third-order valence-corrected chi connectivity index (χ3v) is 3.79. The minimum absolute atomic E-state index is 0.214. The van der Waals surface area contributed by atoms with Gasteiger partial charge in [-0.3, -0.25) is 4.79 Å². The Morgan fingerprint density at radius 1 is 1.38 bits per heavy atom. The Morgan fingerprint density at radius 2 is 2.14 bits per heavy atom. The highest BCUT2D eigenvalue weighted by molar-refractivity contribution is 7.13. The molecule has 112 valence electrons. The summed E-state index contributed by atoms with van der Waals surface area (Å²) in [5.74, 6) is -2.24. The number of nitrogens with zero attached hydrogens (tertiary/aromatic N) is 1. The van der Waals surface area contributed by atoms with Crippen LogP contribution in [-0.2, 0) is 6.42 Å². The van der Waals surface area contributed by atoms with Crippen molar-refractivity contribution in [3.63, 3.8) is 0 Å². The summed E-state index contributed by atoms with van der Waals surface area (Å²) < 4.78 is 31.9. The van der Waals surface area contributed by atoms with Crippen LogP contribution in [0.2, 0.25) is 0 Å². The van der Waals surface area contributed by atoms with Crippen LogP contribution in [-0.4, -0.2) is 18.0 Å². The number of amides is 1. The minimum Gasteiger partial charge on any atom is -0.494 e. The van der Waals surface area contributed by atoms with Gasteiger partial charge in [0.2, 0.25) is 0 Å². The summed E-state index contributed by atoms with van der Waals surface area (Å²) in [6.45, 7) is 2.01. The minimum atomic E-state index is -0.764. The van der Waals surface area contributed by atoms with Gasteiger partial charge in [0.1, 0.15) is 4.88 Å². The fraction of sp³-hybridized carbons (Fsp3) is 0.286. The number of anilines is 1. The van der Waals surface area contributed by atoms with Gasteiger partial charge in [-0.05, 0) is 12.8 Å². The number of methoxy groups -OCH3 is 1. The van der Waals surface area contributed by atoms with E-state index in [4.69, 9.17) is 0 Å². The van der Waals surface area contributed by atoms with Gasteiger partial charge in [-0.25, -0.2) is 13.8 Å². The van der Waals surface area contributed by atoms with Crippen LogP contribution >= 0.6 is 11.3 Å². The second-order valence-electron chi connectivity index (χ2n) is 4.29.